The first-order valence-corrected chi connectivity index (χ1v) is 5.21. The molecule has 0 aliphatic carbocycles. The molecular weight excluding hydrogens is 158 g/mol. The van der Waals surface area contributed by atoms with Crippen LogP contribution in [0.25, 0.3) is 0 Å². The lowest BCUT2D eigenvalue weighted by molar-refractivity contribution is -0.673. The molecule has 2 rings (SSSR count). The van der Waals surface area contributed by atoms with Crippen LogP contribution in [-0.4, -0.2) is 6.54 Å². The predicted octanol–water partition coefficient (Wildman–Crippen LogP) is 1.43. The maximum atomic E-state index is 2.40. The minimum absolute atomic E-state index is 0.663. The van der Waals surface area contributed by atoms with Crippen LogP contribution in [-0.2, 0) is 13.0 Å². The van der Waals surface area contributed by atoms with Crippen LogP contribution in [0.4, 0.5) is 0 Å². The van der Waals surface area contributed by atoms with E-state index in [0.29, 0.717) is 5.92 Å². The van der Waals surface area contributed by atoms with Gasteiger partial charge in [-0.3, -0.25) is 0 Å². The summed E-state index contributed by atoms with van der Waals surface area (Å²) in [4.78, 5) is 0. The van der Waals surface area contributed by atoms with E-state index in [1.54, 1.807) is 5.56 Å². The van der Waals surface area contributed by atoms with E-state index in [0.717, 1.165) is 0 Å². The Bertz CT molecular complexity index is 302. The lowest BCUT2D eigenvalue weighted by Gasteiger charge is -2.16. The first-order chi connectivity index (χ1) is 6.27. The van der Waals surface area contributed by atoms with Gasteiger partial charge in [-0.1, -0.05) is 32.0 Å². The quantitative estimate of drug-likeness (QED) is 0.666. The van der Waals surface area contributed by atoms with Crippen LogP contribution in [0.15, 0.2) is 18.2 Å². The highest BCUT2D eigenvalue weighted by Crippen LogP contribution is 2.19. The van der Waals surface area contributed by atoms with Gasteiger partial charge in [-0.15, -0.1) is 0 Å². The SMILES string of the molecule is CC(C)c1ccc2c(c1)CC[NH2+]C2. The van der Waals surface area contributed by atoms with E-state index in [4.69, 9.17) is 0 Å². The largest absolute Gasteiger partial charge is 0.342 e. The van der Waals surface area contributed by atoms with Gasteiger partial charge in [-0.25, -0.2) is 0 Å². The smallest absolute Gasteiger partial charge is 0.102 e. The number of benzene rings is 1. The first kappa shape index (κ1) is 8.76. The van der Waals surface area contributed by atoms with Gasteiger partial charge in [0.2, 0.25) is 0 Å². The molecule has 13 heavy (non-hydrogen) atoms. The fourth-order valence-corrected chi connectivity index (χ4v) is 1.95. The average molecular weight is 176 g/mol. The fourth-order valence-electron chi connectivity index (χ4n) is 1.95. The number of quaternary nitrogens is 1. The van der Waals surface area contributed by atoms with Crippen molar-refractivity contribution in [2.45, 2.75) is 32.7 Å². The molecule has 70 valence electrons. The van der Waals surface area contributed by atoms with Crippen molar-refractivity contribution in [3.63, 3.8) is 0 Å². The van der Waals surface area contributed by atoms with Crippen LogP contribution >= 0.6 is 0 Å². The molecule has 1 heteroatoms. The third kappa shape index (κ3) is 1.75. The van der Waals surface area contributed by atoms with E-state index in [2.05, 4.69) is 37.4 Å². The number of hydrogen-bond acceptors (Lipinski definition) is 0. The molecular formula is C12H18N+. The lowest BCUT2D eigenvalue weighted by Crippen LogP contribution is -2.84. The zero-order valence-electron chi connectivity index (χ0n) is 8.51. The van der Waals surface area contributed by atoms with Crippen molar-refractivity contribution in [2.75, 3.05) is 6.54 Å². The van der Waals surface area contributed by atoms with Gasteiger partial charge >= 0.3 is 0 Å². The highest BCUT2D eigenvalue weighted by atomic mass is 14.9. The Balaban J connectivity index is 2.35. The number of hydrogen-bond donors (Lipinski definition) is 1. The minimum atomic E-state index is 0.663. The Kier molecular flexibility index (Phi) is 2.36. The molecule has 0 fully saturated rings. The average Bonchev–Trinajstić information content (AvgIpc) is 2.17. The van der Waals surface area contributed by atoms with Crippen LogP contribution in [0.3, 0.4) is 0 Å². The van der Waals surface area contributed by atoms with Crippen LogP contribution < -0.4 is 5.32 Å². The summed E-state index contributed by atoms with van der Waals surface area (Å²) in [5.74, 6) is 0.663. The second-order valence-corrected chi connectivity index (χ2v) is 4.21. The molecule has 0 radical (unpaired) electrons. The Hall–Kier alpha value is -0.820. The van der Waals surface area contributed by atoms with Gasteiger partial charge in [0.1, 0.15) is 6.54 Å². The second kappa shape index (κ2) is 3.51. The van der Waals surface area contributed by atoms with Crippen LogP contribution in [0.1, 0.15) is 36.5 Å². The maximum Gasteiger partial charge on any atom is 0.102 e. The molecule has 1 aliphatic heterocycles. The standard InChI is InChI=1S/C12H17N/c1-9(2)10-3-4-12-8-13-6-5-11(12)7-10/h3-4,7,9,13H,5-6,8H2,1-2H3/p+1. The van der Waals surface area contributed by atoms with Gasteiger partial charge in [-0.2, -0.15) is 0 Å². The fraction of sp³-hybridized carbons (Fsp3) is 0.500. The maximum absolute atomic E-state index is 2.40. The normalized spacial score (nSPS) is 15.9. The van der Waals surface area contributed by atoms with Crippen LogP contribution in [0, 0.1) is 0 Å². The lowest BCUT2D eigenvalue weighted by atomic mass is 9.94. The van der Waals surface area contributed by atoms with E-state index in [1.165, 1.54) is 30.6 Å². The minimum Gasteiger partial charge on any atom is -0.342 e. The van der Waals surface area contributed by atoms with Crippen LogP contribution in [0.5, 0.6) is 0 Å². The molecule has 1 heterocycles. The number of fused-ring (bicyclic) bond motifs is 1. The van der Waals surface area contributed by atoms with Crippen LogP contribution in [0.2, 0.25) is 0 Å². The number of rotatable bonds is 1. The summed E-state index contributed by atoms with van der Waals surface area (Å²) in [6.45, 7) is 6.95. The molecule has 0 amide bonds. The van der Waals surface area contributed by atoms with Crippen molar-refractivity contribution in [3.05, 3.63) is 34.9 Å². The summed E-state index contributed by atoms with van der Waals surface area (Å²) >= 11 is 0. The van der Waals surface area contributed by atoms with E-state index >= 15 is 0 Å². The molecule has 0 aromatic heterocycles. The summed E-state index contributed by atoms with van der Waals surface area (Å²) in [7, 11) is 0. The van der Waals surface area contributed by atoms with Gasteiger partial charge in [-0.05, 0) is 17.0 Å². The predicted molar refractivity (Wildman–Crippen MR) is 54.7 cm³/mol. The van der Waals surface area contributed by atoms with E-state index in [-0.39, 0.29) is 0 Å². The summed E-state index contributed by atoms with van der Waals surface area (Å²) in [5.41, 5.74) is 4.60. The van der Waals surface area contributed by atoms with E-state index < -0.39 is 0 Å². The van der Waals surface area contributed by atoms with Gasteiger partial charge in [0, 0.05) is 12.0 Å². The van der Waals surface area contributed by atoms with Gasteiger partial charge in [0.05, 0.1) is 6.54 Å². The molecule has 0 saturated heterocycles. The molecule has 1 aromatic rings. The molecule has 1 aliphatic rings. The Morgan fingerprint density at radius 1 is 1.23 bits per heavy atom. The third-order valence-corrected chi connectivity index (χ3v) is 2.88. The van der Waals surface area contributed by atoms with Crippen molar-refractivity contribution in [1.82, 2.24) is 0 Å². The molecule has 0 saturated carbocycles. The topological polar surface area (TPSA) is 16.6 Å². The monoisotopic (exact) mass is 176 g/mol. The van der Waals surface area contributed by atoms with Crippen molar-refractivity contribution in [2.24, 2.45) is 0 Å². The molecule has 0 spiro atoms. The zero-order chi connectivity index (χ0) is 9.26. The van der Waals surface area contributed by atoms with Crippen molar-refractivity contribution < 1.29 is 5.32 Å². The van der Waals surface area contributed by atoms with Gasteiger partial charge < -0.3 is 5.32 Å². The highest BCUT2D eigenvalue weighted by Gasteiger charge is 2.11. The summed E-state index contributed by atoms with van der Waals surface area (Å²) < 4.78 is 0. The molecule has 1 aromatic carbocycles. The third-order valence-electron chi connectivity index (χ3n) is 2.88. The first-order valence-electron chi connectivity index (χ1n) is 5.21. The van der Waals surface area contributed by atoms with Crippen molar-refractivity contribution >= 4 is 0 Å². The van der Waals surface area contributed by atoms with Gasteiger partial charge in [0.15, 0.2) is 0 Å². The Labute approximate surface area is 80.2 Å². The summed E-state index contributed by atoms with van der Waals surface area (Å²) in [6, 6.07) is 6.98. The molecule has 0 atom stereocenters. The summed E-state index contributed by atoms with van der Waals surface area (Å²) in [5, 5.41) is 2.39. The highest BCUT2D eigenvalue weighted by molar-refractivity contribution is 5.33. The zero-order valence-corrected chi connectivity index (χ0v) is 8.51. The van der Waals surface area contributed by atoms with Crippen molar-refractivity contribution in [1.29, 1.82) is 0 Å². The van der Waals surface area contributed by atoms with Crippen molar-refractivity contribution in [3.8, 4) is 0 Å². The summed E-state index contributed by atoms with van der Waals surface area (Å²) in [6.07, 6.45) is 1.25. The molecule has 1 nitrogen and oxygen atoms in total. The Morgan fingerprint density at radius 2 is 2.08 bits per heavy atom. The molecule has 0 unspecified atom stereocenters. The Morgan fingerprint density at radius 3 is 2.85 bits per heavy atom. The van der Waals surface area contributed by atoms with E-state index in [9.17, 15) is 0 Å². The van der Waals surface area contributed by atoms with E-state index in [1.807, 2.05) is 0 Å². The van der Waals surface area contributed by atoms with Gasteiger partial charge in [0.25, 0.3) is 0 Å². The number of nitrogens with two attached hydrogens (primary N) is 1. The second-order valence-electron chi connectivity index (χ2n) is 4.21. The molecule has 0 bridgehead atoms. The molecule has 2 N–H and O–H groups in total.